The van der Waals surface area contributed by atoms with Crippen molar-refractivity contribution in [2.45, 2.75) is 24.9 Å². The number of hydrogen-bond acceptors (Lipinski definition) is 10. The normalized spacial score (nSPS) is 38.6. The van der Waals surface area contributed by atoms with Crippen LogP contribution in [0.5, 0.6) is 0 Å². The fourth-order valence-corrected chi connectivity index (χ4v) is 1.02. The van der Waals surface area contributed by atoms with Crippen molar-refractivity contribution in [3.05, 3.63) is 0 Å². The van der Waals surface area contributed by atoms with Crippen LogP contribution in [0.3, 0.4) is 0 Å². The summed E-state index contributed by atoms with van der Waals surface area (Å²) in [5.41, 5.74) is 0. The van der Waals surface area contributed by atoms with Crippen molar-refractivity contribution in [3.8, 4) is 0 Å². The summed E-state index contributed by atoms with van der Waals surface area (Å²) in [6.45, 7) is 0. The van der Waals surface area contributed by atoms with E-state index in [1.807, 2.05) is 0 Å². The van der Waals surface area contributed by atoms with Crippen molar-refractivity contribution in [2.24, 2.45) is 0 Å². The topological polar surface area (TPSA) is 142 Å². The number of hydrogen-bond donors (Lipinski definition) is 6. The Balaban J connectivity index is 2.59. The van der Waals surface area contributed by atoms with E-state index in [-0.39, 0.29) is 0 Å². The number of nitrogens with one attached hydrogen (secondary N) is 2. The van der Waals surface area contributed by atoms with Crippen LogP contribution < -0.4 is 10.6 Å². The second-order valence-electron chi connectivity index (χ2n) is 2.44. The van der Waals surface area contributed by atoms with E-state index in [2.05, 4.69) is 30.2 Å². The molecule has 0 saturated carbocycles. The van der Waals surface area contributed by atoms with Gasteiger partial charge in [-0.05, 0) is 0 Å². The van der Waals surface area contributed by atoms with E-state index in [9.17, 15) is 0 Å². The molecule has 1 saturated heterocycles. The van der Waals surface area contributed by atoms with Crippen LogP contribution in [-0.4, -0.2) is 45.9 Å². The van der Waals surface area contributed by atoms with Crippen molar-refractivity contribution in [1.82, 2.24) is 10.6 Å². The Labute approximate surface area is 77.3 Å². The average Bonchev–Trinajstić information content (AvgIpc) is 2.26. The molecule has 84 valence electrons. The summed E-state index contributed by atoms with van der Waals surface area (Å²) >= 11 is 0. The summed E-state index contributed by atoms with van der Waals surface area (Å²) in [6.07, 6.45) is -4.88. The third kappa shape index (κ3) is 2.34. The SMILES string of the molecule is OO[C@H]1N[C@@H](OO)[C@H](OO)N[C@@H]1OO. The monoisotopic (exact) mass is 214 g/mol. The highest BCUT2D eigenvalue weighted by atomic mass is 17.2. The lowest BCUT2D eigenvalue weighted by Gasteiger charge is -2.36. The molecule has 10 heteroatoms. The predicted molar refractivity (Wildman–Crippen MR) is 36.3 cm³/mol. The van der Waals surface area contributed by atoms with Crippen LogP contribution in [0.15, 0.2) is 0 Å². The molecule has 1 heterocycles. The number of piperazine rings is 1. The highest BCUT2D eigenvalue weighted by molar-refractivity contribution is 4.79. The molecule has 0 amide bonds. The van der Waals surface area contributed by atoms with Gasteiger partial charge in [-0.1, -0.05) is 0 Å². The maximum Gasteiger partial charge on any atom is 0.188 e. The molecule has 1 aliphatic rings. The zero-order valence-corrected chi connectivity index (χ0v) is 6.73. The lowest BCUT2D eigenvalue weighted by molar-refractivity contribution is -0.429. The first-order chi connectivity index (χ1) is 6.76. The minimum absolute atomic E-state index is 1.22. The Morgan fingerprint density at radius 2 is 0.786 bits per heavy atom. The van der Waals surface area contributed by atoms with E-state index >= 15 is 0 Å². The Kier molecular flexibility index (Phi) is 4.56. The van der Waals surface area contributed by atoms with Gasteiger partial charge in [-0.25, -0.2) is 19.6 Å². The van der Waals surface area contributed by atoms with Gasteiger partial charge in [0.2, 0.25) is 0 Å². The fourth-order valence-electron chi connectivity index (χ4n) is 1.02. The van der Waals surface area contributed by atoms with Gasteiger partial charge in [-0.15, -0.1) is 0 Å². The first-order valence-electron chi connectivity index (χ1n) is 3.49. The summed E-state index contributed by atoms with van der Waals surface area (Å²) in [7, 11) is 0. The molecular weight excluding hydrogens is 204 g/mol. The molecule has 0 unspecified atom stereocenters. The van der Waals surface area contributed by atoms with E-state index in [1.165, 1.54) is 0 Å². The van der Waals surface area contributed by atoms with Gasteiger partial charge in [0.15, 0.2) is 24.9 Å². The van der Waals surface area contributed by atoms with Crippen molar-refractivity contribution < 1.29 is 40.6 Å². The molecule has 6 N–H and O–H groups in total. The third-order valence-corrected chi connectivity index (χ3v) is 1.66. The smallest absolute Gasteiger partial charge is 0.188 e. The van der Waals surface area contributed by atoms with Gasteiger partial charge in [0.05, 0.1) is 0 Å². The summed E-state index contributed by atoms with van der Waals surface area (Å²) in [5.74, 6) is 0. The van der Waals surface area contributed by atoms with Crippen molar-refractivity contribution in [1.29, 1.82) is 0 Å². The van der Waals surface area contributed by atoms with E-state index in [0.29, 0.717) is 0 Å². The van der Waals surface area contributed by atoms with E-state index in [1.54, 1.807) is 0 Å². The summed E-state index contributed by atoms with van der Waals surface area (Å²) in [4.78, 5) is 15.3. The van der Waals surface area contributed by atoms with Gasteiger partial charge in [0.25, 0.3) is 0 Å². The molecule has 0 aromatic heterocycles. The van der Waals surface area contributed by atoms with Gasteiger partial charge >= 0.3 is 0 Å². The van der Waals surface area contributed by atoms with Gasteiger partial charge in [-0.2, -0.15) is 0 Å². The van der Waals surface area contributed by atoms with E-state index in [4.69, 9.17) is 21.0 Å². The van der Waals surface area contributed by atoms with Crippen molar-refractivity contribution in [3.63, 3.8) is 0 Å². The molecule has 0 bridgehead atoms. The molecule has 0 aromatic carbocycles. The Bertz CT molecular complexity index is 135. The zero-order chi connectivity index (χ0) is 10.6. The standard InChI is InChI=1S/C4H10N2O8/c7-11-1-2(12-8)6-4(14-10)3(5-1)13-9/h1-10H/t1-,2-,3+,4+. The molecule has 0 aromatic rings. The molecule has 1 rings (SSSR count). The largest absolute Gasteiger partial charge is 0.254 e. The minimum atomic E-state index is -1.22. The van der Waals surface area contributed by atoms with Crippen LogP contribution in [0.25, 0.3) is 0 Å². The molecular formula is C4H10N2O8. The van der Waals surface area contributed by atoms with Gasteiger partial charge in [0, 0.05) is 0 Å². The van der Waals surface area contributed by atoms with Crippen LogP contribution in [0.1, 0.15) is 0 Å². The molecule has 1 fully saturated rings. The van der Waals surface area contributed by atoms with Gasteiger partial charge in [0.1, 0.15) is 0 Å². The molecule has 14 heavy (non-hydrogen) atoms. The van der Waals surface area contributed by atoms with Gasteiger partial charge in [-0.3, -0.25) is 31.7 Å². The van der Waals surface area contributed by atoms with Crippen molar-refractivity contribution >= 4 is 0 Å². The second kappa shape index (κ2) is 5.47. The van der Waals surface area contributed by atoms with E-state index in [0.717, 1.165) is 0 Å². The lowest BCUT2D eigenvalue weighted by atomic mass is 10.3. The lowest BCUT2D eigenvalue weighted by Crippen LogP contribution is -2.68. The predicted octanol–water partition coefficient (Wildman–Crippen LogP) is -1.56. The molecule has 0 spiro atoms. The Hall–Kier alpha value is -0.400. The van der Waals surface area contributed by atoms with Crippen LogP contribution in [0, 0.1) is 0 Å². The summed E-state index contributed by atoms with van der Waals surface area (Å²) in [6, 6.07) is 0. The summed E-state index contributed by atoms with van der Waals surface area (Å²) < 4.78 is 0. The Morgan fingerprint density at radius 3 is 0.929 bits per heavy atom. The van der Waals surface area contributed by atoms with Crippen LogP contribution in [-0.2, 0) is 19.6 Å². The first-order valence-corrected chi connectivity index (χ1v) is 3.49. The summed E-state index contributed by atoms with van der Waals surface area (Å²) in [5, 5.41) is 37.9. The number of rotatable bonds is 4. The highest BCUT2D eigenvalue weighted by Gasteiger charge is 2.40. The molecule has 0 aliphatic carbocycles. The molecule has 0 radical (unpaired) electrons. The van der Waals surface area contributed by atoms with Gasteiger partial charge < -0.3 is 0 Å². The minimum Gasteiger partial charge on any atom is -0.254 e. The molecule has 4 atom stereocenters. The quantitative estimate of drug-likeness (QED) is 0.240. The highest BCUT2D eigenvalue weighted by Crippen LogP contribution is 2.09. The Morgan fingerprint density at radius 1 is 0.571 bits per heavy atom. The molecule has 10 nitrogen and oxygen atoms in total. The maximum absolute atomic E-state index is 8.33. The average molecular weight is 214 g/mol. The molecule has 1 aliphatic heterocycles. The third-order valence-electron chi connectivity index (χ3n) is 1.66. The first kappa shape index (κ1) is 11.7. The van der Waals surface area contributed by atoms with Crippen molar-refractivity contribution in [2.75, 3.05) is 0 Å². The van der Waals surface area contributed by atoms with E-state index < -0.39 is 24.9 Å². The van der Waals surface area contributed by atoms with Crippen LogP contribution in [0.2, 0.25) is 0 Å². The maximum atomic E-state index is 8.33. The fraction of sp³-hybridized carbons (Fsp3) is 1.00. The van der Waals surface area contributed by atoms with Crippen LogP contribution in [0.4, 0.5) is 0 Å². The van der Waals surface area contributed by atoms with Crippen LogP contribution >= 0.6 is 0 Å². The second-order valence-corrected chi connectivity index (χ2v) is 2.44. The zero-order valence-electron chi connectivity index (χ0n) is 6.73.